The zero-order valence-electron chi connectivity index (χ0n) is 6.71. The van der Waals surface area contributed by atoms with E-state index in [0.717, 1.165) is 0 Å². The van der Waals surface area contributed by atoms with Crippen molar-refractivity contribution < 1.29 is 19.4 Å². The number of rotatable bonds is 6. The first-order valence-electron chi connectivity index (χ1n) is 3.56. The topological polar surface area (TPSA) is 55.8 Å². The number of aliphatic hydroxyl groups is 1. The number of ether oxygens (including phenoxy) is 2. The van der Waals surface area contributed by atoms with Crippen molar-refractivity contribution in [3.8, 4) is 0 Å². The zero-order valence-corrected chi connectivity index (χ0v) is 6.71. The Morgan fingerprint density at radius 2 is 2.18 bits per heavy atom. The third-order valence-electron chi connectivity index (χ3n) is 1.08. The molecule has 0 saturated carbocycles. The van der Waals surface area contributed by atoms with Crippen molar-refractivity contribution in [2.45, 2.75) is 12.8 Å². The summed E-state index contributed by atoms with van der Waals surface area (Å²) >= 11 is 0. The summed E-state index contributed by atoms with van der Waals surface area (Å²) in [7, 11) is 1.44. The van der Waals surface area contributed by atoms with Gasteiger partial charge < -0.3 is 14.6 Å². The fourth-order valence-electron chi connectivity index (χ4n) is 0.559. The van der Waals surface area contributed by atoms with E-state index in [2.05, 4.69) is 4.74 Å². The minimum Gasteiger partial charge on any atom is -0.464 e. The molecule has 0 unspecified atom stereocenters. The highest BCUT2D eigenvalue weighted by Gasteiger charge is 1.99. The molecular weight excluding hydrogens is 148 g/mol. The summed E-state index contributed by atoms with van der Waals surface area (Å²) in [6, 6.07) is 0. The maximum atomic E-state index is 10.6. The van der Waals surface area contributed by atoms with Crippen molar-refractivity contribution in [1.82, 2.24) is 0 Å². The number of unbranched alkanes of at least 4 members (excludes halogenated alkanes) is 1. The van der Waals surface area contributed by atoms with Gasteiger partial charge in [-0.1, -0.05) is 0 Å². The lowest BCUT2D eigenvalue weighted by molar-refractivity contribution is -0.148. The Labute approximate surface area is 66.1 Å². The normalized spacial score (nSPS) is 9.64. The number of hydrogen-bond acceptors (Lipinski definition) is 4. The Kier molecular flexibility index (Phi) is 7.08. The molecule has 66 valence electrons. The lowest BCUT2D eigenvalue weighted by atomic mass is 10.3. The summed E-state index contributed by atoms with van der Waals surface area (Å²) in [5.41, 5.74) is 0. The molecule has 0 rings (SSSR count). The fourth-order valence-corrected chi connectivity index (χ4v) is 0.559. The molecule has 0 radical (unpaired) electrons. The van der Waals surface area contributed by atoms with Gasteiger partial charge >= 0.3 is 5.97 Å². The third-order valence-corrected chi connectivity index (χ3v) is 1.08. The van der Waals surface area contributed by atoms with Crippen LogP contribution in [0.15, 0.2) is 0 Å². The number of esters is 1. The van der Waals surface area contributed by atoms with Gasteiger partial charge in [0.1, 0.15) is 6.61 Å². The molecule has 0 aliphatic heterocycles. The molecule has 0 spiro atoms. The highest BCUT2D eigenvalue weighted by Crippen LogP contribution is 1.89. The Hall–Kier alpha value is -0.610. The fraction of sp³-hybridized carbons (Fsp3) is 0.857. The molecule has 0 bridgehead atoms. The van der Waals surface area contributed by atoms with E-state index in [0.29, 0.717) is 19.4 Å². The molecule has 0 aromatic rings. The van der Waals surface area contributed by atoms with Gasteiger partial charge in [-0.05, 0) is 12.8 Å². The number of aliphatic hydroxyl groups excluding tert-OH is 1. The van der Waals surface area contributed by atoms with Crippen molar-refractivity contribution in [3.63, 3.8) is 0 Å². The van der Waals surface area contributed by atoms with Crippen molar-refractivity contribution in [1.29, 1.82) is 0 Å². The second kappa shape index (κ2) is 7.50. The first-order chi connectivity index (χ1) is 5.31. The summed E-state index contributed by atoms with van der Waals surface area (Å²) in [5.74, 6) is -0.356. The van der Waals surface area contributed by atoms with E-state index in [1.807, 2.05) is 0 Å². The van der Waals surface area contributed by atoms with Gasteiger partial charge in [0.2, 0.25) is 0 Å². The minimum atomic E-state index is -0.356. The van der Waals surface area contributed by atoms with Crippen LogP contribution in [0.2, 0.25) is 0 Å². The number of carbonyl (C=O) groups excluding carboxylic acids is 1. The van der Waals surface area contributed by atoms with E-state index in [-0.39, 0.29) is 19.2 Å². The molecule has 0 aliphatic carbocycles. The molecule has 0 saturated heterocycles. The summed E-state index contributed by atoms with van der Waals surface area (Å²) < 4.78 is 9.25. The predicted molar refractivity (Wildman–Crippen MR) is 39.2 cm³/mol. The Morgan fingerprint density at radius 3 is 2.73 bits per heavy atom. The maximum Gasteiger partial charge on any atom is 0.332 e. The van der Waals surface area contributed by atoms with Crippen molar-refractivity contribution in [2.24, 2.45) is 0 Å². The van der Waals surface area contributed by atoms with Crippen LogP contribution < -0.4 is 0 Å². The zero-order chi connectivity index (χ0) is 8.53. The monoisotopic (exact) mass is 162 g/mol. The van der Waals surface area contributed by atoms with E-state index in [1.54, 1.807) is 0 Å². The van der Waals surface area contributed by atoms with Gasteiger partial charge in [-0.2, -0.15) is 0 Å². The molecule has 1 N–H and O–H groups in total. The molecule has 0 fully saturated rings. The van der Waals surface area contributed by atoms with Gasteiger partial charge in [-0.25, -0.2) is 4.79 Å². The van der Waals surface area contributed by atoms with Crippen molar-refractivity contribution >= 4 is 5.97 Å². The van der Waals surface area contributed by atoms with E-state index in [4.69, 9.17) is 9.84 Å². The molecular formula is C7H14O4. The van der Waals surface area contributed by atoms with Crippen LogP contribution in [-0.4, -0.2) is 38.0 Å². The summed E-state index contributed by atoms with van der Waals surface area (Å²) in [6.07, 6.45) is 1.37. The number of carbonyl (C=O) groups is 1. The van der Waals surface area contributed by atoms with Gasteiger partial charge in [0, 0.05) is 13.7 Å². The van der Waals surface area contributed by atoms with Crippen LogP contribution in [0.1, 0.15) is 12.8 Å². The van der Waals surface area contributed by atoms with Crippen LogP contribution in [0.3, 0.4) is 0 Å². The van der Waals surface area contributed by atoms with Crippen molar-refractivity contribution in [2.75, 3.05) is 26.9 Å². The molecule has 4 nitrogen and oxygen atoms in total. The molecule has 0 atom stereocenters. The number of hydrogen-bond donors (Lipinski definition) is 1. The first-order valence-corrected chi connectivity index (χ1v) is 3.56. The molecule has 4 heteroatoms. The number of methoxy groups -OCH3 is 1. The van der Waals surface area contributed by atoms with Gasteiger partial charge in [0.25, 0.3) is 0 Å². The van der Waals surface area contributed by atoms with Gasteiger partial charge in [0.15, 0.2) is 0 Å². The van der Waals surface area contributed by atoms with Crippen LogP contribution in [-0.2, 0) is 14.3 Å². The van der Waals surface area contributed by atoms with E-state index in [1.165, 1.54) is 7.11 Å². The molecule has 0 aromatic carbocycles. The Morgan fingerprint density at radius 1 is 1.45 bits per heavy atom. The van der Waals surface area contributed by atoms with Gasteiger partial charge in [-0.3, -0.25) is 0 Å². The molecule has 0 aromatic heterocycles. The quantitative estimate of drug-likeness (QED) is 0.439. The van der Waals surface area contributed by atoms with Crippen LogP contribution in [0.4, 0.5) is 0 Å². The Balaban J connectivity index is 3.04. The Bertz CT molecular complexity index is 103. The lowest BCUT2D eigenvalue weighted by Crippen LogP contribution is -2.11. The lowest BCUT2D eigenvalue weighted by Gasteiger charge is -2.01. The molecule has 0 heterocycles. The van der Waals surface area contributed by atoms with Crippen molar-refractivity contribution in [3.05, 3.63) is 0 Å². The highest BCUT2D eigenvalue weighted by molar-refractivity contribution is 5.70. The van der Waals surface area contributed by atoms with E-state index in [9.17, 15) is 4.79 Å². The minimum absolute atomic E-state index is 0.000868. The second-order valence-corrected chi connectivity index (χ2v) is 2.08. The third kappa shape index (κ3) is 7.29. The average Bonchev–Trinajstić information content (AvgIpc) is 1.99. The summed E-state index contributed by atoms with van der Waals surface area (Å²) in [5, 5.41) is 8.37. The summed E-state index contributed by atoms with van der Waals surface area (Å²) in [6.45, 7) is 0.504. The van der Waals surface area contributed by atoms with Gasteiger partial charge in [0.05, 0.1) is 6.61 Å². The molecule has 0 aliphatic rings. The van der Waals surface area contributed by atoms with Gasteiger partial charge in [-0.15, -0.1) is 0 Å². The largest absolute Gasteiger partial charge is 0.464 e. The molecule has 11 heavy (non-hydrogen) atoms. The summed E-state index contributed by atoms with van der Waals surface area (Å²) in [4.78, 5) is 10.6. The highest BCUT2D eigenvalue weighted by atomic mass is 16.6. The van der Waals surface area contributed by atoms with Crippen LogP contribution in [0, 0.1) is 0 Å². The van der Waals surface area contributed by atoms with E-state index < -0.39 is 0 Å². The standard InChI is InChI=1S/C7H14O4/c1-10-6-7(9)11-5-3-2-4-8/h8H,2-6H2,1H3. The first kappa shape index (κ1) is 10.4. The average molecular weight is 162 g/mol. The molecule has 0 amide bonds. The van der Waals surface area contributed by atoms with E-state index >= 15 is 0 Å². The SMILES string of the molecule is COCC(=O)OCCCCO. The van der Waals surface area contributed by atoms with Crippen LogP contribution in [0.5, 0.6) is 0 Å². The maximum absolute atomic E-state index is 10.6. The van der Waals surface area contributed by atoms with Crippen LogP contribution in [0.25, 0.3) is 0 Å². The second-order valence-electron chi connectivity index (χ2n) is 2.08. The van der Waals surface area contributed by atoms with Crippen LogP contribution >= 0.6 is 0 Å². The smallest absolute Gasteiger partial charge is 0.332 e. The predicted octanol–water partition coefficient (Wildman–Crippen LogP) is -0.0515.